The highest BCUT2D eigenvalue weighted by molar-refractivity contribution is 7.98. The summed E-state index contributed by atoms with van der Waals surface area (Å²) in [4.78, 5) is 23.0. The molecule has 18 heavy (non-hydrogen) atoms. The Kier molecular flexibility index (Phi) is 7.82. The Morgan fingerprint density at radius 1 is 1.33 bits per heavy atom. The van der Waals surface area contributed by atoms with Crippen molar-refractivity contribution in [1.82, 2.24) is 10.6 Å². The number of carboxylic acids is 1. The summed E-state index contributed by atoms with van der Waals surface area (Å²) in [6.45, 7) is 5.43. The van der Waals surface area contributed by atoms with Gasteiger partial charge in [0.25, 0.3) is 0 Å². The van der Waals surface area contributed by atoms with Crippen LogP contribution in [0.25, 0.3) is 0 Å². The van der Waals surface area contributed by atoms with Gasteiger partial charge in [0.15, 0.2) is 0 Å². The van der Waals surface area contributed by atoms with Crippen molar-refractivity contribution in [2.75, 3.05) is 12.0 Å². The maximum atomic E-state index is 11.8. The van der Waals surface area contributed by atoms with Crippen molar-refractivity contribution >= 4 is 23.8 Å². The first-order valence-electron chi connectivity index (χ1n) is 6.22. The molecule has 0 saturated heterocycles. The van der Waals surface area contributed by atoms with E-state index in [0.29, 0.717) is 12.8 Å². The van der Waals surface area contributed by atoms with Crippen LogP contribution in [0, 0.1) is 0 Å². The van der Waals surface area contributed by atoms with Crippen molar-refractivity contribution in [3.8, 4) is 0 Å². The molecule has 0 aliphatic rings. The van der Waals surface area contributed by atoms with Crippen LogP contribution in [-0.4, -0.2) is 40.7 Å². The number of carboxylic acid groups (broad SMARTS) is 1. The molecule has 6 heteroatoms. The summed E-state index contributed by atoms with van der Waals surface area (Å²) in [6.07, 6.45) is 3.61. The van der Waals surface area contributed by atoms with Crippen molar-refractivity contribution in [3.63, 3.8) is 0 Å². The van der Waals surface area contributed by atoms with Crippen molar-refractivity contribution in [2.24, 2.45) is 0 Å². The number of carbonyl (C=O) groups excluding carboxylic acids is 1. The Morgan fingerprint density at radius 2 is 1.89 bits per heavy atom. The van der Waals surface area contributed by atoms with Gasteiger partial charge in [-0.2, -0.15) is 11.8 Å². The summed E-state index contributed by atoms with van der Waals surface area (Å²) in [5, 5.41) is 14.5. The summed E-state index contributed by atoms with van der Waals surface area (Å²) < 4.78 is 0. The fourth-order valence-electron chi connectivity index (χ4n) is 1.63. The van der Waals surface area contributed by atoms with Gasteiger partial charge < -0.3 is 15.7 Å². The maximum absolute atomic E-state index is 11.8. The molecule has 0 bridgehead atoms. The molecule has 0 saturated carbocycles. The summed E-state index contributed by atoms with van der Waals surface area (Å²) >= 11 is 1.72. The highest BCUT2D eigenvalue weighted by atomic mass is 32.2. The molecule has 1 unspecified atom stereocenters. The molecule has 3 N–H and O–H groups in total. The Hall–Kier alpha value is -0.910. The molecular formula is C12H24N2O3S. The normalized spacial score (nSPS) is 12.9. The highest BCUT2D eigenvalue weighted by Crippen LogP contribution is 2.15. The lowest BCUT2D eigenvalue weighted by atomic mass is 9.93. The average Bonchev–Trinajstić information content (AvgIpc) is 2.33. The number of aliphatic carboxylic acids is 1. The number of amides is 2. The highest BCUT2D eigenvalue weighted by Gasteiger charge is 2.36. The topological polar surface area (TPSA) is 78.4 Å². The molecule has 0 rings (SSSR count). The standard InChI is InChI=1S/C12H24N2O3S/c1-5-12(6-2,10(15)16)14-11(17)13-9(3)7-8-18-4/h9H,5-8H2,1-4H3,(H,15,16)(H2,13,14,17). The summed E-state index contributed by atoms with van der Waals surface area (Å²) in [7, 11) is 0. The predicted molar refractivity (Wildman–Crippen MR) is 75.1 cm³/mol. The van der Waals surface area contributed by atoms with E-state index in [1.54, 1.807) is 25.6 Å². The van der Waals surface area contributed by atoms with Gasteiger partial charge in [-0.1, -0.05) is 13.8 Å². The fraction of sp³-hybridized carbons (Fsp3) is 0.833. The van der Waals surface area contributed by atoms with Crippen molar-refractivity contribution in [2.45, 2.75) is 51.6 Å². The molecule has 0 heterocycles. The summed E-state index contributed by atoms with van der Waals surface area (Å²) in [5.74, 6) is -0.0213. The minimum Gasteiger partial charge on any atom is -0.480 e. The number of nitrogens with one attached hydrogen (secondary N) is 2. The lowest BCUT2D eigenvalue weighted by Gasteiger charge is -2.28. The SMILES string of the molecule is CCC(CC)(NC(=O)NC(C)CCSC)C(=O)O. The number of hydrogen-bond acceptors (Lipinski definition) is 3. The average molecular weight is 276 g/mol. The van der Waals surface area contributed by atoms with Gasteiger partial charge in [0, 0.05) is 6.04 Å². The molecule has 0 aliphatic carbocycles. The van der Waals surface area contributed by atoms with E-state index in [-0.39, 0.29) is 6.04 Å². The van der Waals surface area contributed by atoms with Gasteiger partial charge in [-0.3, -0.25) is 0 Å². The molecule has 0 spiro atoms. The first-order chi connectivity index (χ1) is 8.41. The van der Waals surface area contributed by atoms with Gasteiger partial charge in [-0.05, 0) is 38.2 Å². The Morgan fingerprint density at radius 3 is 2.28 bits per heavy atom. The fourth-order valence-corrected chi connectivity index (χ4v) is 2.22. The van der Waals surface area contributed by atoms with Crippen molar-refractivity contribution < 1.29 is 14.7 Å². The minimum absolute atomic E-state index is 0.0395. The van der Waals surface area contributed by atoms with E-state index >= 15 is 0 Å². The maximum Gasteiger partial charge on any atom is 0.329 e. The third-order valence-corrected chi connectivity index (χ3v) is 3.75. The van der Waals surface area contributed by atoms with E-state index in [4.69, 9.17) is 0 Å². The Bertz CT molecular complexity index is 280. The van der Waals surface area contributed by atoms with E-state index in [0.717, 1.165) is 12.2 Å². The van der Waals surface area contributed by atoms with Crippen LogP contribution in [0.3, 0.4) is 0 Å². The molecule has 5 nitrogen and oxygen atoms in total. The number of hydrogen-bond donors (Lipinski definition) is 3. The first kappa shape index (κ1) is 17.1. The van der Waals surface area contributed by atoms with Crippen LogP contribution in [-0.2, 0) is 4.79 Å². The Labute approximate surface area is 113 Å². The lowest BCUT2D eigenvalue weighted by Crippen LogP contribution is -2.57. The molecule has 0 aliphatic heterocycles. The van der Waals surface area contributed by atoms with E-state index in [1.807, 2.05) is 13.2 Å². The van der Waals surface area contributed by atoms with E-state index in [1.165, 1.54) is 0 Å². The molecule has 0 aromatic rings. The van der Waals surface area contributed by atoms with Crippen LogP contribution in [0.15, 0.2) is 0 Å². The van der Waals surface area contributed by atoms with Crippen LogP contribution < -0.4 is 10.6 Å². The molecule has 106 valence electrons. The number of urea groups is 1. The Balaban J connectivity index is 4.39. The zero-order valence-corrected chi connectivity index (χ0v) is 12.4. The summed E-state index contributed by atoms with van der Waals surface area (Å²) in [6, 6.07) is -0.368. The third kappa shape index (κ3) is 5.16. The largest absolute Gasteiger partial charge is 0.480 e. The van der Waals surface area contributed by atoms with Crippen molar-refractivity contribution in [1.29, 1.82) is 0 Å². The van der Waals surface area contributed by atoms with Gasteiger partial charge in [-0.25, -0.2) is 9.59 Å². The van der Waals surface area contributed by atoms with Gasteiger partial charge >= 0.3 is 12.0 Å². The monoisotopic (exact) mass is 276 g/mol. The van der Waals surface area contributed by atoms with Crippen LogP contribution >= 0.6 is 11.8 Å². The second-order valence-corrected chi connectivity index (χ2v) is 5.36. The molecule has 0 fully saturated rings. The molecule has 2 amide bonds. The second kappa shape index (κ2) is 8.24. The third-order valence-electron chi connectivity index (χ3n) is 3.10. The van der Waals surface area contributed by atoms with Crippen LogP contribution in [0.5, 0.6) is 0 Å². The van der Waals surface area contributed by atoms with E-state index < -0.39 is 17.5 Å². The molecule has 1 atom stereocenters. The van der Waals surface area contributed by atoms with Crippen molar-refractivity contribution in [3.05, 3.63) is 0 Å². The van der Waals surface area contributed by atoms with Gasteiger partial charge in [0.05, 0.1) is 0 Å². The van der Waals surface area contributed by atoms with Crippen LogP contribution in [0.2, 0.25) is 0 Å². The van der Waals surface area contributed by atoms with E-state index in [9.17, 15) is 14.7 Å². The quantitative estimate of drug-likeness (QED) is 0.634. The zero-order chi connectivity index (χ0) is 14.2. The first-order valence-corrected chi connectivity index (χ1v) is 7.62. The smallest absolute Gasteiger partial charge is 0.329 e. The number of thioether (sulfide) groups is 1. The van der Waals surface area contributed by atoms with Gasteiger partial charge in [-0.15, -0.1) is 0 Å². The van der Waals surface area contributed by atoms with Crippen LogP contribution in [0.4, 0.5) is 4.79 Å². The molecule has 0 aromatic heterocycles. The molecule has 0 aromatic carbocycles. The molecular weight excluding hydrogens is 252 g/mol. The van der Waals surface area contributed by atoms with Gasteiger partial charge in [0.2, 0.25) is 0 Å². The zero-order valence-electron chi connectivity index (χ0n) is 11.6. The predicted octanol–water partition coefficient (Wildman–Crippen LogP) is 2.07. The molecule has 0 radical (unpaired) electrons. The second-order valence-electron chi connectivity index (χ2n) is 4.38. The van der Waals surface area contributed by atoms with E-state index in [2.05, 4.69) is 10.6 Å². The number of rotatable bonds is 8. The minimum atomic E-state index is -1.16. The lowest BCUT2D eigenvalue weighted by molar-refractivity contribution is -0.144. The van der Waals surface area contributed by atoms with Gasteiger partial charge in [0.1, 0.15) is 5.54 Å². The summed E-state index contributed by atoms with van der Waals surface area (Å²) in [5.41, 5.74) is -1.16. The van der Waals surface area contributed by atoms with Crippen LogP contribution in [0.1, 0.15) is 40.0 Å². The number of carbonyl (C=O) groups is 2.